The van der Waals surface area contributed by atoms with Crippen molar-refractivity contribution in [1.29, 1.82) is 0 Å². The Hall–Kier alpha value is -0.840. The normalized spacial score (nSPS) is 12.8. The zero-order chi connectivity index (χ0) is 28.6. The van der Waals surface area contributed by atoms with Gasteiger partial charge in [0.2, 0.25) is 5.91 Å². The van der Waals surface area contributed by atoms with E-state index in [0.29, 0.717) is 18.5 Å². The summed E-state index contributed by atoms with van der Waals surface area (Å²) in [6.45, 7) is 3.56. The zero-order valence-corrected chi connectivity index (χ0v) is 29.9. The van der Waals surface area contributed by atoms with Gasteiger partial charge in [0.25, 0.3) is 0 Å². The number of benzene rings is 2. The zero-order valence-electron chi connectivity index (χ0n) is 27.1. The van der Waals surface area contributed by atoms with Gasteiger partial charge in [-0.1, -0.05) is 75.8 Å². The Bertz CT molecular complexity index is 1060. The van der Waals surface area contributed by atoms with E-state index in [-0.39, 0.29) is 73.6 Å². The number of unbranched alkanes of at least 4 members (excludes halogenated alkanes) is 6. The number of hydrogen-bond donors (Lipinski definition) is 4. The maximum Gasteiger partial charge on any atom is 1.00 e. The van der Waals surface area contributed by atoms with Crippen molar-refractivity contribution in [3.8, 4) is 0 Å². The van der Waals surface area contributed by atoms with Crippen LogP contribution in [0.3, 0.4) is 0 Å². The van der Waals surface area contributed by atoms with E-state index in [9.17, 15) is 19.5 Å². The molecule has 0 heterocycles. The van der Waals surface area contributed by atoms with Crippen LogP contribution >= 0.6 is 11.8 Å². The number of amides is 1. The summed E-state index contributed by atoms with van der Waals surface area (Å²) >= 11 is 1.44. The largest absolute Gasteiger partial charge is 1.00 e. The molecule has 0 bridgehead atoms. The van der Waals surface area contributed by atoms with Crippen molar-refractivity contribution >= 4 is 35.3 Å². The van der Waals surface area contributed by atoms with Gasteiger partial charge in [-0.2, -0.15) is 0 Å². The molecule has 2 aromatic carbocycles. The van der Waals surface area contributed by atoms with E-state index in [1.165, 1.54) is 62.8 Å². The average Bonchev–Trinajstić information content (AvgIpc) is 2.91. The summed E-state index contributed by atoms with van der Waals surface area (Å²) in [6, 6.07) is 15.4. The maximum absolute atomic E-state index is 12.2. The SMILES string of the molecule is CCCCCCCCCc1ccc(C(Sc2cccc(NC(=O)C(C)C(=O)O)c2)C(O)CCCC(=O)O)cc1.[H-].[H-].[Na+].[Na+]. The third kappa shape index (κ3) is 16.0. The van der Waals surface area contributed by atoms with Crippen LogP contribution in [0.2, 0.25) is 0 Å². The van der Waals surface area contributed by atoms with Crippen molar-refractivity contribution < 1.29 is 91.7 Å². The van der Waals surface area contributed by atoms with Crippen molar-refractivity contribution in [3.05, 3.63) is 59.7 Å². The van der Waals surface area contributed by atoms with Crippen LogP contribution in [0, 0.1) is 5.92 Å². The van der Waals surface area contributed by atoms with Gasteiger partial charge in [0.1, 0.15) is 5.92 Å². The third-order valence-electron chi connectivity index (χ3n) is 6.75. The molecule has 0 saturated carbocycles. The second-order valence-electron chi connectivity index (χ2n) is 10.1. The number of aliphatic carboxylic acids is 2. The van der Waals surface area contributed by atoms with E-state index in [1.807, 2.05) is 18.2 Å². The van der Waals surface area contributed by atoms with Crippen LogP contribution in [0.4, 0.5) is 5.69 Å². The number of carbonyl (C=O) groups excluding carboxylic acids is 1. The molecule has 0 aliphatic rings. The van der Waals surface area contributed by atoms with Crippen LogP contribution < -0.4 is 64.4 Å². The summed E-state index contributed by atoms with van der Waals surface area (Å²) in [4.78, 5) is 35.1. The fourth-order valence-corrected chi connectivity index (χ4v) is 5.53. The molecule has 0 aromatic heterocycles. The molecule has 218 valence electrons. The molecule has 7 nitrogen and oxygen atoms in total. The molecule has 0 saturated heterocycles. The summed E-state index contributed by atoms with van der Waals surface area (Å²) in [5.74, 6) is -3.87. The predicted octanol–water partition coefficient (Wildman–Crippen LogP) is 1.32. The summed E-state index contributed by atoms with van der Waals surface area (Å²) in [5, 5.41) is 31.5. The average molecular weight is 606 g/mol. The van der Waals surface area contributed by atoms with Crippen molar-refractivity contribution in [2.24, 2.45) is 5.92 Å². The summed E-state index contributed by atoms with van der Waals surface area (Å²) in [5.41, 5.74) is 2.68. The molecule has 1 amide bonds. The quantitative estimate of drug-likeness (QED) is 0.0825. The number of thioether (sulfide) groups is 1. The number of carboxylic acids is 2. The van der Waals surface area contributed by atoms with Crippen molar-refractivity contribution in [2.45, 2.75) is 101 Å². The molecule has 0 radical (unpaired) electrons. The molecule has 0 fully saturated rings. The minimum Gasteiger partial charge on any atom is -1.00 e. The van der Waals surface area contributed by atoms with Gasteiger partial charge in [-0.15, -0.1) is 11.8 Å². The first-order valence-electron chi connectivity index (χ1n) is 14.0. The van der Waals surface area contributed by atoms with Gasteiger partial charge >= 0.3 is 71.1 Å². The number of aryl methyl sites for hydroxylation is 1. The number of anilines is 1. The summed E-state index contributed by atoms with van der Waals surface area (Å²) in [6.07, 6.45) is 9.79. The van der Waals surface area contributed by atoms with E-state index in [2.05, 4.69) is 24.4 Å². The van der Waals surface area contributed by atoms with E-state index in [1.54, 1.807) is 18.2 Å². The first-order valence-corrected chi connectivity index (χ1v) is 14.9. The number of carbonyl (C=O) groups is 3. The minimum atomic E-state index is -1.20. The number of hydrogen-bond acceptors (Lipinski definition) is 5. The fraction of sp³-hybridized carbons (Fsp3) is 0.516. The molecular formula is C31H45NNa2O6S. The van der Waals surface area contributed by atoms with Gasteiger partial charge in [-0.3, -0.25) is 14.4 Å². The van der Waals surface area contributed by atoms with Crippen LogP contribution in [0.5, 0.6) is 0 Å². The summed E-state index contributed by atoms with van der Waals surface area (Å²) < 4.78 is 0. The van der Waals surface area contributed by atoms with E-state index >= 15 is 0 Å². The number of nitrogens with one attached hydrogen (secondary N) is 1. The number of aliphatic hydroxyl groups excluding tert-OH is 1. The van der Waals surface area contributed by atoms with Gasteiger partial charge in [0.05, 0.1) is 11.4 Å². The smallest absolute Gasteiger partial charge is 1.00 e. The molecule has 3 unspecified atom stereocenters. The van der Waals surface area contributed by atoms with Crippen LogP contribution in [-0.2, 0) is 20.8 Å². The van der Waals surface area contributed by atoms with Gasteiger partial charge in [-0.25, -0.2) is 0 Å². The minimum absolute atomic E-state index is 0. The summed E-state index contributed by atoms with van der Waals surface area (Å²) in [7, 11) is 0. The number of carboxylic acid groups (broad SMARTS) is 2. The Morgan fingerprint density at radius 1 is 0.902 bits per heavy atom. The topological polar surface area (TPSA) is 124 Å². The molecule has 2 rings (SSSR count). The van der Waals surface area contributed by atoms with E-state index in [0.717, 1.165) is 23.3 Å². The molecule has 0 spiro atoms. The van der Waals surface area contributed by atoms with Gasteiger partial charge in [0, 0.05) is 17.0 Å². The molecule has 41 heavy (non-hydrogen) atoms. The molecule has 0 aliphatic heterocycles. The number of rotatable bonds is 19. The number of aliphatic hydroxyl groups is 1. The fourth-order valence-electron chi connectivity index (χ4n) is 4.30. The van der Waals surface area contributed by atoms with E-state index < -0.39 is 29.9 Å². The van der Waals surface area contributed by atoms with Crippen molar-refractivity contribution in [3.63, 3.8) is 0 Å². The Morgan fingerprint density at radius 3 is 2.15 bits per heavy atom. The van der Waals surface area contributed by atoms with Crippen LogP contribution in [0.15, 0.2) is 53.4 Å². The second kappa shape index (κ2) is 22.7. The molecule has 4 N–H and O–H groups in total. The maximum atomic E-state index is 12.2. The van der Waals surface area contributed by atoms with Gasteiger partial charge in [-0.05, 0) is 61.9 Å². The Labute approximate surface area is 296 Å². The molecule has 2 aromatic rings. The predicted molar refractivity (Wildman–Crippen MR) is 158 cm³/mol. The third-order valence-corrected chi connectivity index (χ3v) is 8.11. The molecular weight excluding hydrogens is 560 g/mol. The van der Waals surface area contributed by atoms with Crippen LogP contribution in [0.1, 0.15) is 97.3 Å². The molecule has 3 atom stereocenters. The standard InChI is InChI=1S/C31H43NO6S.2Na.2H/c1-3-4-5-6-7-8-9-12-23-17-19-24(20-18-23)29(27(33)15-11-16-28(34)35)39-26-14-10-13-25(21-26)32-30(36)22(2)31(37)38;;;;/h10,13-14,17-22,27,29,33H,3-9,11-12,15-16H2,1-2H3,(H,32,36)(H,34,35)(H,37,38);;;;/q;2*+1;2*-1. The Kier molecular flexibility index (Phi) is 22.2. The molecule has 0 aliphatic carbocycles. The Balaban J connectivity index is -0.00000400. The molecule has 10 heteroatoms. The van der Waals surface area contributed by atoms with Crippen molar-refractivity contribution in [2.75, 3.05) is 5.32 Å². The van der Waals surface area contributed by atoms with Crippen molar-refractivity contribution in [1.82, 2.24) is 0 Å². The van der Waals surface area contributed by atoms with E-state index in [4.69, 9.17) is 10.2 Å². The van der Waals surface area contributed by atoms with Gasteiger partial charge in [0.15, 0.2) is 0 Å². The first kappa shape index (κ1) is 40.2. The second-order valence-corrected chi connectivity index (χ2v) is 11.3. The Morgan fingerprint density at radius 2 is 1.54 bits per heavy atom. The van der Waals surface area contributed by atoms with Crippen LogP contribution in [0.25, 0.3) is 0 Å². The first-order chi connectivity index (χ1) is 18.7. The monoisotopic (exact) mass is 605 g/mol. The van der Waals surface area contributed by atoms with Gasteiger partial charge < -0.3 is 23.5 Å². The van der Waals surface area contributed by atoms with Crippen LogP contribution in [-0.4, -0.2) is 39.3 Å².